The summed E-state index contributed by atoms with van der Waals surface area (Å²) in [7, 11) is 2.12. The van der Waals surface area contributed by atoms with Crippen LogP contribution in [0.3, 0.4) is 0 Å². The molecule has 0 aliphatic carbocycles. The lowest BCUT2D eigenvalue weighted by Gasteiger charge is -2.25. The maximum absolute atomic E-state index is 6.02. The van der Waals surface area contributed by atoms with E-state index in [-0.39, 0.29) is 0 Å². The number of benzene rings is 1. The predicted molar refractivity (Wildman–Crippen MR) is 84.8 cm³/mol. The molecule has 102 valence electrons. The first-order valence-electron chi connectivity index (χ1n) is 6.33. The predicted octanol–water partition coefficient (Wildman–Crippen LogP) is 4.05. The largest absolute Gasteiger partial charge is 0.398 e. The molecule has 1 aromatic heterocycles. The van der Waals surface area contributed by atoms with Crippen LogP contribution in [0.4, 0.5) is 5.69 Å². The number of anilines is 1. The third-order valence-corrected chi connectivity index (χ3v) is 4.49. The highest BCUT2D eigenvalue weighted by molar-refractivity contribution is 7.09. The molecular weight excluding hydrogens is 276 g/mol. The standard InChI is InChI=1S/C15H19ClN2S/c1-11(8-14-4-3-7-19-14)18(2)10-12-9-13(16)5-6-15(12)17/h3-7,9,11H,8,10,17H2,1-2H3. The molecule has 19 heavy (non-hydrogen) atoms. The van der Waals surface area contributed by atoms with E-state index in [2.05, 4.69) is 36.4 Å². The number of halogens is 1. The van der Waals surface area contributed by atoms with Crippen molar-refractivity contribution < 1.29 is 0 Å². The van der Waals surface area contributed by atoms with Gasteiger partial charge in [0.15, 0.2) is 0 Å². The van der Waals surface area contributed by atoms with E-state index >= 15 is 0 Å². The topological polar surface area (TPSA) is 29.3 Å². The molecule has 0 fully saturated rings. The second-order valence-corrected chi connectivity index (χ2v) is 6.36. The van der Waals surface area contributed by atoms with E-state index in [0.717, 1.165) is 29.2 Å². The molecule has 2 nitrogen and oxygen atoms in total. The highest BCUT2D eigenvalue weighted by atomic mass is 35.5. The molecule has 1 heterocycles. The molecule has 0 saturated carbocycles. The van der Waals surface area contributed by atoms with Gasteiger partial charge in [0.2, 0.25) is 0 Å². The zero-order chi connectivity index (χ0) is 13.8. The first-order chi connectivity index (χ1) is 9.06. The van der Waals surface area contributed by atoms with Crippen molar-refractivity contribution in [3.05, 3.63) is 51.2 Å². The van der Waals surface area contributed by atoms with Crippen molar-refractivity contribution in [2.45, 2.75) is 25.9 Å². The number of thiophene rings is 1. The Hall–Kier alpha value is -1.03. The molecule has 0 aliphatic heterocycles. The minimum Gasteiger partial charge on any atom is -0.398 e. The Kier molecular flexibility index (Phi) is 4.86. The summed E-state index contributed by atoms with van der Waals surface area (Å²) in [6.45, 7) is 3.05. The van der Waals surface area contributed by atoms with Gasteiger partial charge in [-0.15, -0.1) is 11.3 Å². The molecule has 0 amide bonds. The van der Waals surface area contributed by atoms with Crippen molar-refractivity contribution in [1.29, 1.82) is 0 Å². The molecule has 0 bridgehead atoms. The van der Waals surface area contributed by atoms with E-state index in [1.54, 1.807) is 0 Å². The van der Waals surface area contributed by atoms with Gasteiger partial charge in [0.05, 0.1) is 0 Å². The molecular formula is C15H19ClN2S. The van der Waals surface area contributed by atoms with Gasteiger partial charge in [0.25, 0.3) is 0 Å². The van der Waals surface area contributed by atoms with Gasteiger partial charge in [0, 0.05) is 28.2 Å². The summed E-state index contributed by atoms with van der Waals surface area (Å²) in [4.78, 5) is 3.72. The number of rotatable bonds is 5. The fraction of sp³-hybridized carbons (Fsp3) is 0.333. The number of likely N-dealkylation sites (N-methyl/N-ethyl adjacent to an activating group) is 1. The lowest BCUT2D eigenvalue weighted by Crippen LogP contribution is -2.30. The summed E-state index contributed by atoms with van der Waals surface area (Å²) in [6.07, 6.45) is 1.06. The van der Waals surface area contributed by atoms with Gasteiger partial charge in [-0.05, 0) is 55.6 Å². The Bertz CT molecular complexity index is 525. The second kappa shape index (κ2) is 6.42. The maximum Gasteiger partial charge on any atom is 0.0410 e. The quantitative estimate of drug-likeness (QED) is 0.843. The number of nitrogen functional groups attached to an aromatic ring is 1. The molecule has 0 spiro atoms. The van der Waals surface area contributed by atoms with Crippen LogP contribution in [-0.4, -0.2) is 18.0 Å². The van der Waals surface area contributed by atoms with E-state index < -0.39 is 0 Å². The van der Waals surface area contributed by atoms with E-state index in [4.69, 9.17) is 17.3 Å². The van der Waals surface area contributed by atoms with Crippen LogP contribution < -0.4 is 5.73 Å². The first kappa shape index (κ1) is 14.4. The molecule has 1 atom stereocenters. The molecule has 0 aliphatic rings. The van der Waals surface area contributed by atoms with Crippen molar-refractivity contribution in [3.63, 3.8) is 0 Å². The second-order valence-electron chi connectivity index (χ2n) is 4.89. The SMILES string of the molecule is CC(Cc1cccs1)N(C)Cc1cc(Cl)ccc1N. The molecule has 0 radical (unpaired) electrons. The fourth-order valence-corrected chi connectivity index (χ4v) is 3.03. The molecule has 2 N–H and O–H groups in total. The monoisotopic (exact) mass is 294 g/mol. The van der Waals surface area contributed by atoms with Crippen LogP contribution in [-0.2, 0) is 13.0 Å². The Morgan fingerprint density at radius 3 is 2.84 bits per heavy atom. The number of hydrogen-bond donors (Lipinski definition) is 1. The lowest BCUT2D eigenvalue weighted by atomic mass is 10.1. The van der Waals surface area contributed by atoms with Crippen molar-refractivity contribution in [2.24, 2.45) is 0 Å². The third-order valence-electron chi connectivity index (χ3n) is 3.35. The Morgan fingerprint density at radius 2 is 2.16 bits per heavy atom. The highest BCUT2D eigenvalue weighted by Crippen LogP contribution is 2.21. The van der Waals surface area contributed by atoms with Crippen molar-refractivity contribution in [1.82, 2.24) is 4.90 Å². The van der Waals surface area contributed by atoms with Crippen LogP contribution in [0.2, 0.25) is 5.02 Å². The zero-order valence-electron chi connectivity index (χ0n) is 11.3. The molecule has 4 heteroatoms. The Morgan fingerprint density at radius 1 is 1.37 bits per heavy atom. The third kappa shape index (κ3) is 3.96. The molecule has 1 aromatic carbocycles. The summed E-state index contributed by atoms with van der Waals surface area (Å²) < 4.78 is 0. The fourth-order valence-electron chi connectivity index (χ4n) is 2.01. The normalized spacial score (nSPS) is 12.8. The Labute approximate surface area is 123 Å². The summed E-state index contributed by atoms with van der Waals surface area (Å²) in [5.41, 5.74) is 7.89. The molecule has 2 aromatic rings. The number of nitrogens with zero attached hydrogens (tertiary/aromatic N) is 1. The van der Waals surface area contributed by atoms with Crippen molar-refractivity contribution in [2.75, 3.05) is 12.8 Å². The smallest absolute Gasteiger partial charge is 0.0410 e. The van der Waals surface area contributed by atoms with Crippen LogP contribution in [0.15, 0.2) is 35.7 Å². The maximum atomic E-state index is 6.02. The van der Waals surface area contributed by atoms with Gasteiger partial charge in [-0.2, -0.15) is 0 Å². The molecule has 1 unspecified atom stereocenters. The van der Waals surface area contributed by atoms with Crippen LogP contribution in [0.25, 0.3) is 0 Å². The summed E-state index contributed by atoms with van der Waals surface area (Å²) in [5, 5.41) is 2.86. The van der Waals surface area contributed by atoms with Gasteiger partial charge in [-0.1, -0.05) is 17.7 Å². The van der Waals surface area contributed by atoms with E-state index in [1.807, 2.05) is 29.5 Å². The van der Waals surface area contributed by atoms with Gasteiger partial charge < -0.3 is 5.73 Å². The average molecular weight is 295 g/mol. The summed E-state index contributed by atoms with van der Waals surface area (Å²) in [5.74, 6) is 0. The Balaban J connectivity index is 1.99. The van der Waals surface area contributed by atoms with Gasteiger partial charge in [0.1, 0.15) is 0 Å². The van der Waals surface area contributed by atoms with Crippen molar-refractivity contribution >= 4 is 28.6 Å². The lowest BCUT2D eigenvalue weighted by molar-refractivity contribution is 0.249. The van der Waals surface area contributed by atoms with Crippen LogP contribution >= 0.6 is 22.9 Å². The van der Waals surface area contributed by atoms with E-state index in [1.165, 1.54) is 4.88 Å². The van der Waals surface area contributed by atoms with Crippen LogP contribution in [0.5, 0.6) is 0 Å². The van der Waals surface area contributed by atoms with Gasteiger partial charge in [-0.3, -0.25) is 4.90 Å². The van der Waals surface area contributed by atoms with Gasteiger partial charge >= 0.3 is 0 Å². The van der Waals surface area contributed by atoms with E-state index in [0.29, 0.717) is 6.04 Å². The van der Waals surface area contributed by atoms with Crippen LogP contribution in [0.1, 0.15) is 17.4 Å². The highest BCUT2D eigenvalue weighted by Gasteiger charge is 2.12. The molecule has 0 saturated heterocycles. The number of hydrogen-bond acceptors (Lipinski definition) is 3. The summed E-state index contributed by atoms with van der Waals surface area (Å²) in [6, 6.07) is 10.4. The summed E-state index contributed by atoms with van der Waals surface area (Å²) >= 11 is 7.83. The van der Waals surface area contributed by atoms with Crippen LogP contribution in [0, 0.1) is 0 Å². The zero-order valence-corrected chi connectivity index (χ0v) is 12.8. The minimum absolute atomic E-state index is 0.469. The molecule has 2 rings (SSSR count). The van der Waals surface area contributed by atoms with Crippen molar-refractivity contribution in [3.8, 4) is 0 Å². The average Bonchev–Trinajstić information content (AvgIpc) is 2.86. The first-order valence-corrected chi connectivity index (χ1v) is 7.58. The minimum atomic E-state index is 0.469. The van der Waals surface area contributed by atoms with Gasteiger partial charge in [-0.25, -0.2) is 0 Å². The number of nitrogens with two attached hydrogens (primary N) is 1. The van der Waals surface area contributed by atoms with E-state index in [9.17, 15) is 0 Å².